The summed E-state index contributed by atoms with van der Waals surface area (Å²) in [5.74, 6) is -1.77. The number of methoxy groups -OCH3 is 1. The van der Waals surface area contributed by atoms with Gasteiger partial charge in [-0.25, -0.2) is 4.79 Å². The zero-order valence-corrected chi connectivity index (χ0v) is 23.4. The van der Waals surface area contributed by atoms with Crippen LogP contribution < -0.4 is 10.6 Å². The van der Waals surface area contributed by atoms with Gasteiger partial charge in [0.1, 0.15) is 24.2 Å². The van der Waals surface area contributed by atoms with Gasteiger partial charge in [0, 0.05) is 6.04 Å². The summed E-state index contributed by atoms with van der Waals surface area (Å²) in [4.78, 5) is 53.3. The highest BCUT2D eigenvalue weighted by molar-refractivity contribution is 5.93. The lowest BCUT2D eigenvalue weighted by atomic mass is 9.94. The van der Waals surface area contributed by atoms with Crippen LogP contribution in [0.3, 0.4) is 0 Å². The Morgan fingerprint density at radius 3 is 2.00 bits per heavy atom. The summed E-state index contributed by atoms with van der Waals surface area (Å²) in [5, 5.41) is 5.32. The van der Waals surface area contributed by atoms with Gasteiger partial charge < -0.3 is 25.0 Å². The molecule has 2 N–H and O–H groups in total. The van der Waals surface area contributed by atoms with E-state index in [1.165, 1.54) is 12.0 Å². The van der Waals surface area contributed by atoms with Crippen molar-refractivity contribution in [3.05, 3.63) is 34.9 Å². The summed E-state index contributed by atoms with van der Waals surface area (Å²) in [6.45, 7) is 16.1. The Morgan fingerprint density at radius 1 is 1.00 bits per heavy atom. The molecule has 1 aromatic carbocycles. The molecule has 202 valence electrons. The number of esters is 1. The number of nitrogens with one attached hydrogen (secondary N) is 2. The van der Waals surface area contributed by atoms with Gasteiger partial charge in [-0.3, -0.25) is 14.4 Å². The number of rotatable bonds is 10. The number of carbonyl (C=O) groups is 4. The molecule has 0 bridgehead atoms. The molecule has 9 heteroatoms. The van der Waals surface area contributed by atoms with Gasteiger partial charge in [-0.2, -0.15) is 0 Å². The van der Waals surface area contributed by atoms with Crippen LogP contribution in [0.15, 0.2) is 18.2 Å². The average Bonchev–Trinajstić information content (AvgIpc) is 2.75. The highest BCUT2D eigenvalue weighted by Crippen LogP contribution is 2.28. The number of benzene rings is 1. The Balaban J connectivity index is 3.54. The van der Waals surface area contributed by atoms with Crippen LogP contribution in [0.25, 0.3) is 0 Å². The molecule has 0 aliphatic carbocycles. The van der Waals surface area contributed by atoms with Crippen molar-refractivity contribution >= 4 is 23.9 Å². The summed E-state index contributed by atoms with van der Waals surface area (Å²) < 4.78 is 10.1. The minimum absolute atomic E-state index is 0.232. The Bertz CT molecular complexity index is 918. The third kappa shape index (κ3) is 9.17. The van der Waals surface area contributed by atoms with Gasteiger partial charge in [-0.15, -0.1) is 0 Å². The molecule has 9 nitrogen and oxygen atoms in total. The first-order valence-corrected chi connectivity index (χ1v) is 12.4. The van der Waals surface area contributed by atoms with Gasteiger partial charge in [0.25, 0.3) is 0 Å². The van der Waals surface area contributed by atoms with Gasteiger partial charge in [0.05, 0.1) is 7.11 Å². The van der Waals surface area contributed by atoms with E-state index in [9.17, 15) is 19.2 Å². The van der Waals surface area contributed by atoms with Crippen molar-refractivity contribution in [1.29, 1.82) is 0 Å². The van der Waals surface area contributed by atoms with Crippen LogP contribution in [-0.2, 0) is 23.9 Å². The molecule has 0 heterocycles. The molecule has 0 aliphatic rings. The van der Waals surface area contributed by atoms with Crippen LogP contribution in [0, 0.1) is 19.8 Å². The minimum atomic E-state index is -1.03. The summed E-state index contributed by atoms with van der Waals surface area (Å²) in [6.07, 6.45) is -0.0936. The fraction of sp³-hybridized carbons (Fsp3) is 0.630. The monoisotopic (exact) mass is 505 g/mol. The van der Waals surface area contributed by atoms with Gasteiger partial charge in [0.15, 0.2) is 0 Å². The molecule has 1 aromatic rings. The molecular weight excluding hydrogens is 462 g/mol. The molecule has 0 aromatic heterocycles. The molecule has 3 amide bonds. The maximum Gasteiger partial charge on any atom is 0.408 e. The number of alkyl carbamates (subject to hydrolysis) is 1. The number of nitrogens with zero attached hydrogens (tertiary/aromatic N) is 1. The van der Waals surface area contributed by atoms with E-state index in [-0.39, 0.29) is 12.5 Å². The normalized spacial score (nSPS) is 13.9. The number of aryl methyl sites for hydroxylation is 2. The first-order valence-electron chi connectivity index (χ1n) is 12.4. The van der Waals surface area contributed by atoms with E-state index in [0.29, 0.717) is 12.0 Å². The Morgan fingerprint density at radius 2 is 1.56 bits per heavy atom. The fourth-order valence-corrected chi connectivity index (χ4v) is 3.89. The van der Waals surface area contributed by atoms with Crippen molar-refractivity contribution in [2.75, 3.05) is 13.7 Å². The zero-order chi connectivity index (χ0) is 27.8. The highest BCUT2D eigenvalue weighted by atomic mass is 16.6. The molecule has 0 aliphatic heterocycles. The molecular formula is C27H43N3O6. The van der Waals surface area contributed by atoms with Crippen LogP contribution >= 0.6 is 0 Å². The average molecular weight is 506 g/mol. The van der Waals surface area contributed by atoms with Crippen LogP contribution in [0.5, 0.6) is 0 Å². The van der Waals surface area contributed by atoms with Crippen LogP contribution in [0.1, 0.15) is 77.6 Å². The number of ether oxygens (including phenoxy) is 2. The largest absolute Gasteiger partial charge is 0.468 e. The van der Waals surface area contributed by atoms with Gasteiger partial charge in [-0.1, -0.05) is 49.6 Å². The van der Waals surface area contributed by atoms with E-state index in [0.717, 1.165) is 11.1 Å². The van der Waals surface area contributed by atoms with Crippen molar-refractivity contribution in [2.24, 2.45) is 5.92 Å². The van der Waals surface area contributed by atoms with Crippen LogP contribution in [0.2, 0.25) is 0 Å². The second kappa shape index (κ2) is 13.3. The van der Waals surface area contributed by atoms with Crippen LogP contribution in [0.4, 0.5) is 4.79 Å². The third-order valence-corrected chi connectivity index (χ3v) is 5.68. The van der Waals surface area contributed by atoms with Crippen molar-refractivity contribution in [3.63, 3.8) is 0 Å². The standard InChI is InChI=1S/C27H43N3O6/c1-11-19(6)22(29-26(34)36-27(7,8)9)25(33)30(16(2)3)23(24(32)28-15-21(31)35-10)20-13-17(4)12-18(5)14-20/h12-14,16,19,22-23H,11,15H2,1-10H3,(H,28,32)(H,29,34). The lowest BCUT2D eigenvalue weighted by molar-refractivity contribution is -0.146. The first kappa shape index (κ1) is 30.9. The van der Waals surface area contributed by atoms with E-state index in [4.69, 9.17) is 4.74 Å². The smallest absolute Gasteiger partial charge is 0.408 e. The highest BCUT2D eigenvalue weighted by Gasteiger charge is 2.39. The minimum Gasteiger partial charge on any atom is -0.468 e. The fourth-order valence-electron chi connectivity index (χ4n) is 3.89. The summed E-state index contributed by atoms with van der Waals surface area (Å²) >= 11 is 0. The van der Waals surface area contributed by atoms with E-state index in [1.807, 2.05) is 59.7 Å². The van der Waals surface area contributed by atoms with Crippen molar-refractivity contribution in [3.8, 4) is 0 Å². The quantitative estimate of drug-likeness (QED) is 0.468. The third-order valence-electron chi connectivity index (χ3n) is 5.68. The molecule has 0 saturated carbocycles. The van der Waals surface area contributed by atoms with Gasteiger partial charge in [-0.05, 0) is 59.9 Å². The van der Waals surface area contributed by atoms with Crippen LogP contribution in [-0.4, -0.2) is 60.1 Å². The number of carbonyl (C=O) groups excluding carboxylic acids is 4. The Kier molecular flexibility index (Phi) is 11.4. The zero-order valence-electron chi connectivity index (χ0n) is 23.4. The Hall–Kier alpha value is -3.10. The SMILES string of the molecule is CCC(C)C(NC(=O)OC(C)(C)C)C(=O)N(C(C)C)C(C(=O)NCC(=O)OC)c1cc(C)cc(C)c1. The predicted molar refractivity (Wildman–Crippen MR) is 138 cm³/mol. The maximum absolute atomic E-state index is 14.1. The van der Waals surface area contributed by atoms with Crippen molar-refractivity contribution < 1.29 is 28.7 Å². The summed E-state index contributed by atoms with van der Waals surface area (Å²) in [5.41, 5.74) is 1.73. The molecule has 3 unspecified atom stereocenters. The number of hydrogen-bond acceptors (Lipinski definition) is 6. The first-order chi connectivity index (χ1) is 16.6. The van der Waals surface area contributed by atoms with Gasteiger partial charge >= 0.3 is 12.1 Å². The Labute approximate surface area is 215 Å². The molecule has 0 saturated heterocycles. The lowest BCUT2D eigenvalue weighted by Crippen LogP contribution is -2.57. The summed E-state index contributed by atoms with van der Waals surface area (Å²) in [6, 6.07) is 3.30. The summed E-state index contributed by atoms with van der Waals surface area (Å²) in [7, 11) is 1.24. The number of hydrogen-bond donors (Lipinski definition) is 2. The van der Waals surface area contributed by atoms with E-state index >= 15 is 0 Å². The molecule has 0 radical (unpaired) electrons. The van der Waals surface area contributed by atoms with Crippen molar-refractivity contribution in [2.45, 2.75) is 92.5 Å². The van der Waals surface area contributed by atoms with E-state index in [1.54, 1.807) is 20.8 Å². The number of amides is 3. The molecule has 36 heavy (non-hydrogen) atoms. The second-order valence-corrected chi connectivity index (χ2v) is 10.5. The topological polar surface area (TPSA) is 114 Å². The molecule has 3 atom stereocenters. The maximum atomic E-state index is 14.1. The van der Waals surface area contributed by atoms with E-state index < -0.39 is 47.6 Å². The second-order valence-electron chi connectivity index (χ2n) is 10.5. The lowest BCUT2D eigenvalue weighted by Gasteiger charge is -2.38. The molecule has 1 rings (SSSR count). The predicted octanol–water partition coefficient (Wildman–Crippen LogP) is 3.81. The molecule has 0 spiro atoms. The van der Waals surface area contributed by atoms with E-state index in [2.05, 4.69) is 15.4 Å². The van der Waals surface area contributed by atoms with Crippen molar-refractivity contribution in [1.82, 2.24) is 15.5 Å². The molecule has 0 fully saturated rings. The van der Waals surface area contributed by atoms with Gasteiger partial charge in [0.2, 0.25) is 11.8 Å².